The van der Waals surface area contributed by atoms with Crippen molar-refractivity contribution in [1.29, 1.82) is 0 Å². The van der Waals surface area contributed by atoms with Crippen LogP contribution in [0.25, 0.3) is 0 Å². The van der Waals surface area contributed by atoms with Crippen molar-refractivity contribution in [2.75, 3.05) is 6.61 Å². The molecule has 0 saturated heterocycles. The Morgan fingerprint density at radius 3 is 2.50 bits per heavy atom. The van der Waals surface area contributed by atoms with Crippen LogP contribution in [0.4, 0.5) is 0 Å². The average Bonchev–Trinajstić information content (AvgIpc) is 2.06. The van der Waals surface area contributed by atoms with Gasteiger partial charge in [0, 0.05) is 0 Å². The second kappa shape index (κ2) is 3.85. The van der Waals surface area contributed by atoms with E-state index in [-0.39, 0.29) is 0 Å². The highest BCUT2D eigenvalue weighted by Gasteiger charge is 2.17. The molecule has 12 heavy (non-hydrogen) atoms. The Morgan fingerprint density at radius 2 is 2.00 bits per heavy atom. The van der Waals surface area contributed by atoms with Crippen molar-refractivity contribution in [3.8, 4) is 0 Å². The molecular weight excluding hydrogens is 173 g/mol. The maximum Gasteiger partial charge on any atom is 0.297 e. The van der Waals surface area contributed by atoms with Gasteiger partial charge in [0.15, 0.2) is 0 Å². The van der Waals surface area contributed by atoms with E-state index in [0.29, 0.717) is 11.9 Å². The van der Waals surface area contributed by atoms with Gasteiger partial charge in [-0.2, -0.15) is 0 Å². The normalized spacial score (nSPS) is 15.5. The molecule has 0 bridgehead atoms. The highest BCUT2D eigenvalue weighted by molar-refractivity contribution is 7.64. The lowest BCUT2D eigenvalue weighted by molar-refractivity contribution is 0.341. The quantitative estimate of drug-likeness (QED) is 0.726. The van der Waals surface area contributed by atoms with Crippen molar-refractivity contribution in [3.05, 3.63) is 30.3 Å². The molecule has 0 aromatic heterocycles. The van der Waals surface area contributed by atoms with Crippen LogP contribution in [0.3, 0.4) is 0 Å². The maximum absolute atomic E-state index is 11.6. The molecule has 0 amide bonds. The maximum atomic E-state index is 11.6. The number of nitrogens with two attached hydrogens (primary N) is 1. The van der Waals surface area contributed by atoms with Crippen molar-refractivity contribution >= 4 is 12.8 Å². The van der Waals surface area contributed by atoms with Crippen molar-refractivity contribution in [1.82, 2.24) is 0 Å². The third-order valence-electron chi connectivity index (χ3n) is 1.44. The van der Waals surface area contributed by atoms with Gasteiger partial charge in [0.25, 0.3) is 7.52 Å². The van der Waals surface area contributed by atoms with Gasteiger partial charge in [-0.25, -0.2) is 0 Å². The van der Waals surface area contributed by atoms with E-state index in [4.69, 9.17) is 10.0 Å². The van der Waals surface area contributed by atoms with Crippen LogP contribution >= 0.6 is 7.52 Å². The van der Waals surface area contributed by atoms with E-state index in [9.17, 15) is 4.57 Å². The van der Waals surface area contributed by atoms with Crippen molar-refractivity contribution < 1.29 is 9.09 Å². The van der Waals surface area contributed by atoms with Crippen LogP contribution in [0.15, 0.2) is 30.3 Å². The fraction of sp³-hybridized carbons (Fsp3) is 0.250. The topological polar surface area (TPSA) is 52.3 Å². The molecule has 1 unspecified atom stereocenters. The van der Waals surface area contributed by atoms with Crippen LogP contribution in [0.2, 0.25) is 0 Å². The first-order valence-electron chi connectivity index (χ1n) is 3.75. The lowest BCUT2D eigenvalue weighted by Gasteiger charge is -2.11. The Hall–Kier alpha value is -0.630. The minimum atomic E-state index is -3.04. The predicted octanol–water partition coefficient (Wildman–Crippen LogP) is 1.50. The predicted molar refractivity (Wildman–Crippen MR) is 49.5 cm³/mol. The van der Waals surface area contributed by atoms with Crippen LogP contribution in [-0.4, -0.2) is 6.61 Å². The molecule has 0 heterocycles. The van der Waals surface area contributed by atoms with Gasteiger partial charge < -0.3 is 4.52 Å². The molecule has 0 spiro atoms. The van der Waals surface area contributed by atoms with E-state index < -0.39 is 7.52 Å². The monoisotopic (exact) mass is 185 g/mol. The zero-order valence-corrected chi connectivity index (χ0v) is 7.83. The first-order chi connectivity index (χ1) is 5.67. The summed E-state index contributed by atoms with van der Waals surface area (Å²) in [5.74, 6) is 0. The molecular formula is C8H12NO2P. The summed E-state index contributed by atoms with van der Waals surface area (Å²) < 4.78 is 16.5. The molecule has 0 aliphatic carbocycles. The van der Waals surface area contributed by atoms with Crippen LogP contribution in [-0.2, 0) is 9.09 Å². The average molecular weight is 185 g/mol. The summed E-state index contributed by atoms with van der Waals surface area (Å²) in [5, 5.41) is 0.562. The van der Waals surface area contributed by atoms with Crippen LogP contribution in [0.5, 0.6) is 0 Å². The van der Waals surface area contributed by atoms with E-state index >= 15 is 0 Å². The van der Waals surface area contributed by atoms with E-state index in [2.05, 4.69) is 0 Å². The molecule has 0 fully saturated rings. The van der Waals surface area contributed by atoms with E-state index in [1.54, 1.807) is 31.2 Å². The molecule has 1 aromatic rings. The smallest absolute Gasteiger partial charge is 0.297 e. The van der Waals surface area contributed by atoms with Crippen LogP contribution in [0, 0.1) is 0 Å². The van der Waals surface area contributed by atoms with Gasteiger partial charge in [-0.3, -0.25) is 10.1 Å². The van der Waals surface area contributed by atoms with Crippen LogP contribution < -0.4 is 10.8 Å². The SMILES string of the molecule is CCOP(N)(=O)c1ccccc1. The molecule has 0 aliphatic rings. The van der Waals surface area contributed by atoms with Gasteiger partial charge in [-0.05, 0) is 19.1 Å². The zero-order chi connectivity index (χ0) is 9.03. The summed E-state index contributed by atoms with van der Waals surface area (Å²) in [6.07, 6.45) is 0. The molecule has 1 atom stereocenters. The molecule has 0 radical (unpaired) electrons. The van der Waals surface area contributed by atoms with Gasteiger partial charge in [-0.15, -0.1) is 0 Å². The lowest BCUT2D eigenvalue weighted by Crippen LogP contribution is -2.13. The number of hydrogen-bond donors (Lipinski definition) is 1. The fourth-order valence-corrected chi connectivity index (χ4v) is 2.02. The fourth-order valence-electron chi connectivity index (χ4n) is 0.902. The molecule has 4 heteroatoms. The summed E-state index contributed by atoms with van der Waals surface area (Å²) in [6.45, 7) is 2.13. The third-order valence-corrected chi connectivity index (χ3v) is 3.10. The highest BCUT2D eigenvalue weighted by atomic mass is 31.2. The summed E-state index contributed by atoms with van der Waals surface area (Å²) >= 11 is 0. The Kier molecular flexibility index (Phi) is 3.04. The summed E-state index contributed by atoms with van der Waals surface area (Å²) in [4.78, 5) is 0. The minimum Gasteiger partial charge on any atom is -0.315 e. The van der Waals surface area contributed by atoms with E-state index in [1.807, 2.05) is 6.07 Å². The summed E-state index contributed by atoms with van der Waals surface area (Å²) in [6, 6.07) is 8.82. The van der Waals surface area contributed by atoms with Gasteiger partial charge in [-0.1, -0.05) is 18.2 Å². The van der Waals surface area contributed by atoms with Gasteiger partial charge in [0.05, 0.1) is 11.9 Å². The number of benzene rings is 1. The number of rotatable bonds is 3. The molecule has 3 nitrogen and oxygen atoms in total. The molecule has 66 valence electrons. The molecule has 0 aliphatic heterocycles. The first-order valence-corrected chi connectivity index (χ1v) is 5.45. The largest absolute Gasteiger partial charge is 0.315 e. The standard InChI is InChI=1S/C8H12NO2P/c1-2-11-12(9,10)8-6-4-3-5-7-8/h3-7H,2H2,1H3,(H2,9,10). The second-order valence-corrected chi connectivity index (χ2v) is 4.32. The zero-order valence-electron chi connectivity index (χ0n) is 6.93. The van der Waals surface area contributed by atoms with Gasteiger partial charge >= 0.3 is 0 Å². The highest BCUT2D eigenvalue weighted by Crippen LogP contribution is 2.35. The molecule has 2 N–H and O–H groups in total. The van der Waals surface area contributed by atoms with E-state index in [0.717, 1.165) is 0 Å². The Bertz CT molecular complexity index is 286. The van der Waals surface area contributed by atoms with Gasteiger partial charge in [0.2, 0.25) is 0 Å². The Morgan fingerprint density at radius 1 is 1.42 bits per heavy atom. The summed E-state index contributed by atoms with van der Waals surface area (Å²) in [7, 11) is -3.04. The third kappa shape index (κ3) is 2.18. The Balaban J connectivity index is 2.90. The number of hydrogen-bond acceptors (Lipinski definition) is 2. The first kappa shape index (κ1) is 9.46. The molecule has 0 saturated carbocycles. The van der Waals surface area contributed by atoms with Crippen LogP contribution in [0.1, 0.15) is 6.92 Å². The van der Waals surface area contributed by atoms with Crippen molar-refractivity contribution in [3.63, 3.8) is 0 Å². The summed E-state index contributed by atoms with van der Waals surface area (Å²) in [5.41, 5.74) is 5.48. The minimum absolute atomic E-state index is 0.364. The second-order valence-electron chi connectivity index (χ2n) is 2.35. The van der Waals surface area contributed by atoms with Gasteiger partial charge in [0.1, 0.15) is 0 Å². The van der Waals surface area contributed by atoms with Crippen molar-refractivity contribution in [2.45, 2.75) is 6.92 Å². The lowest BCUT2D eigenvalue weighted by atomic mass is 10.4. The van der Waals surface area contributed by atoms with E-state index in [1.165, 1.54) is 0 Å². The molecule has 1 rings (SSSR count). The van der Waals surface area contributed by atoms with Crippen molar-refractivity contribution in [2.24, 2.45) is 5.50 Å². The Labute approximate surface area is 72.0 Å². The molecule has 1 aromatic carbocycles.